The average molecular weight is 282 g/mol. The molecule has 2 aromatic rings. The topological polar surface area (TPSA) is 68.0 Å². The molecule has 6 heteroatoms. The Hall–Kier alpha value is -1.59. The van der Waals surface area contributed by atoms with Crippen molar-refractivity contribution in [2.24, 2.45) is 0 Å². The predicted octanol–water partition coefficient (Wildman–Crippen LogP) is 2.62. The van der Waals surface area contributed by atoms with Crippen LogP contribution in [-0.4, -0.2) is 10.9 Å². The van der Waals surface area contributed by atoms with Crippen LogP contribution in [0.5, 0.6) is 0 Å². The Morgan fingerprint density at radius 2 is 2.28 bits per heavy atom. The third-order valence-corrected chi connectivity index (χ3v) is 3.58. The van der Waals surface area contributed by atoms with E-state index in [1.165, 1.54) is 17.7 Å². The number of anilines is 1. The third-order valence-electron chi connectivity index (χ3n) is 2.48. The van der Waals surface area contributed by atoms with Crippen LogP contribution >= 0.6 is 22.9 Å². The smallest absolute Gasteiger partial charge is 0.251 e. The molecule has 0 fully saturated rings. The molecule has 0 aromatic carbocycles. The molecule has 0 unspecified atom stereocenters. The molecule has 0 aliphatic carbocycles. The number of aromatic nitrogens is 1. The number of nitrogens with zero attached hydrogens (tertiary/aromatic N) is 1. The lowest BCUT2D eigenvalue weighted by Gasteiger charge is -2.06. The van der Waals surface area contributed by atoms with Gasteiger partial charge in [-0.1, -0.05) is 11.6 Å². The van der Waals surface area contributed by atoms with Crippen LogP contribution in [0.15, 0.2) is 22.9 Å². The lowest BCUT2D eigenvalue weighted by Crippen LogP contribution is -2.23. The number of halogens is 1. The minimum Gasteiger partial charge on any atom is -0.384 e. The molecule has 0 saturated heterocycles. The first-order valence-electron chi connectivity index (χ1n) is 5.29. The number of hydrogen-bond donors (Lipinski definition) is 2. The molecule has 2 aromatic heterocycles. The fourth-order valence-electron chi connectivity index (χ4n) is 1.49. The molecule has 3 N–H and O–H groups in total. The normalized spacial score (nSPS) is 10.3. The molecule has 4 nitrogen and oxygen atoms in total. The van der Waals surface area contributed by atoms with Crippen LogP contribution in [-0.2, 0) is 6.54 Å². The molecular weight excluding hydrogens is 270 g/mol. The first-order chi connectivity index (χ1) is 8.56. The molecule has 18 heavy (non-hydrogen) atoms. The second-order valence-electron chi connectivity index (χ2n) is 3.87. The standard InChI is InChI=1S/C12H12ClN3OS/c1-7-5-18-6-9(7)4-15-12(17)8-2-10(13)16-11(14)3-8/h2-3,5-6H,4H2,1H3,(H2,14,16)(H,15,17). The molecule has 0 radical (unpaired) electrons. The van der Waals surface area contributed by atoms with Crippen molar-refractivity contribution < 1.29 is 4.79 Å². The van der Waals surface area contributed by atoms with E-state index in [1.54, 1.807) is 11.3 Å². The predicted molar refractivity (Wildman–Crippen MR) is 73.9 cm³/mol. The second-order valence-corrected chi connectivity index (χ2v) is 5.00. The van der Waals surface area contributed by atoms with Gasteiger partial charge in [-0.15, -0.1) is 0 Å². The first-order valence-corrected chi connectivity index (χ1v) is 6.61. The molecule has 0 spiro atoms. The monoisotopic (exact) mass is 281 g/mol. The van der Waals surface area contributed by atoms with Gasteiger partial charge in [-0.2, -0.15) is 11.3 Å². The number of carbonyl (C=O) groups is 1. The van der Waals surface area contributed by atoms with Crippen molar-refractivity contribution in [2.45, 2.75) is 13.5 Å². The number of amides is 1. The zero-order chi connectivity index (χ0) is 13.1. The van der Waals surface area contributed by atoms with E-state index in [4.69, 9.17) is 17.3 Å². The van der Waals surface area contributed by atoms with Crippen LogP contribution in [0.2, 0.25) is 5.15 Å². The third kappa shape index (κ3) is 3.00. The van der Waals surface area contributed by atoms with Gasteiger partial charge in [-0.05, 0) is 40.9 Å². The molecule has 0 bridgehead atoms. The second kappa shape index (κ2) is 5.37. The Morgan fingerprint density at radius 3 is 2.89 bits per heavy atom. The van der Waals surface area contributed by atoms with E-state index in [1.807, 2.05) is 17.7 Å². The molecular formula is C12H12ClN3OS. The summed E-state index contributed by atoms with van der Waals surface area (Å²) in [5.74, 6) is 0.0240. The van der Waals surface area contributed by atoms with Crippen LogP contribution in [0.1, 0.15) is 21.5 Å². The van der Waals surface area contributed by atoms with E-state index < -0.39 is 0 Å². The Bertz CT molecular complexity index is 562. The summed E-state index contributed by atoms with van der Waals surface area (Å²) < 4.78 is 0. The number of carbonyl (C=O) groups excluding carboxylic acids is 1. The number of thiophene rings is 1. The van der Waals surface area contributed by atoms with Crippen molar-refractivity contribution in [3.05, 3.63) is 44.7 Å². The summed E-state index contributed by atoms with van der Waals surface area (Å²) in [5.41, 5.74) is 8.24. The van der Waals surface area contributed by atoms with Crippen LogP contribution in [0, 0.1) is 6.92 Å². The van der Waals surface area contributed by atoms with Crippen molar-refractivity contribution in [3.8, 4) is 0 Å². The maximum Gasteiger partial charge on any atom is 0.251 e. The van der Waals surface area contributed by atoms with Gasteiger partial charge in [0, 0.05) is 12.1 Å². The summed E-state index contributed by atoms with van der Waals surface area (Å²) in [5, 5.41) is 7.10. The number of nitrogen functional groups attached to an aromatic ring is 1. The number of rotatable bonds is 3. The van der Waals surface area contributed by atoms with Gasteiger partial charge in [0.2, 0.25) is 0 Å². The Labute approximate surface area is 114 Å². The zero-order valence-electron chi connectivity index (χ0n) is 9.74. The highest BCUT2D eigenvalue weighted by Crippen LogP contribution is 2.15. The molecule has 0 aliphatic heterocycles. The van der Waals surface area contributed by atoms with Crippen LogP contribution in [0.25, 0.3) is 0 Å². The number of aryl methyl sites for hydroxylation is 1. The summed E-state index contributed by atoms with van der Waals surface area (Å²) in [4.78, 5) is 15.7. The SMILES string of the molecule is Cc1cscc1CNC(=O)c1cc(N)nc(Cl)c1. The van der Waals surface area contributed by atoms with E-state index in [0.717, 1.165) is 5.56 Å². The Balaban J connectivity index is 2.06. The lowest BCUT2D eigenvalue weighted by molar-refractivity contribution is 0.0951. The van der Waals surface area contributed by atoms with Gasteiger partial charge in [0.25, 0.3) is 5.91 Å². The van der Waals surface area contributed by atoms with Crippen molar-refractivity contribution in [1.82, 2.24) is 10.3 Å². The summed E-state index contributed by atoms with van der Waals surface area (Å²) in [6, 6.07) is 3.00. The first kappa shape index (κ1) is 12.9. The van der Waals surface area contributed by atoms with E-state index in [2.05, 4.69) is 10.3 Å². The summed E-state index contributed by atoms with van der Waals surface area (Å²) in [7, 11) is 0. The maximum atomic E-state index is 11.9. The molecule has 0 aliphatic rings. The fraction of sp³-hybridized carbons (Fsp3) is 0.167. The summed E-state index contributed by atoms with van der Waals surface area (Å²) in [6.45, 7) is 2.51. The molecule has 2 heterocycles. The maximum absolute atomic E-state index is 11.9. The largest absolute Gasteiger partial charge is 0.384 e. The molecule has 0 saturated carbocycles. The van der Waals surface area contributed by atoms with E-state index in [-0.39, 0.29) is 16.9 Å². The van der Waals surface area contributed by atoms with Gasteiger partial charge in [-0.3, -0.25) is 4.79 Å². The minimum atomic E-state index is -0.211. The van der Waals surface area contributed by atoms with Crippen molar-refractivity contribution in [3.63, 3.8) is 0 Å². The molecule has 2 rings (SSSR count). The van der Waals surface area contributed by atoms with Crippen molar-refractivity contribution in [1.29, 1.82) is 0 Å². The number of nitrogens with one attached hydrogen (secondary N) is 1. The Kier molecular flexibility index (Phi) is 3.84. The zero-order valence-corrected chi connectivity index (χ0v) is 11.3. The number of nitrogens with two attached hydrogens (primary N) is 1. The average Bonchev–Trinajstić information content (AvgIpc) is 2.70. The van der Waals surface area contributed by atoms with Crippen LogP contribution in [0.4, 0.5) is 5.82 Å². The van der Waals surface area contributed by atoms with Crippen LogP contribution in [0.3, 0.4) is 0 Å². The lowest BCUT2D eigenvalue weighted by atomic mass is 10.2. The molecule has 0 atom stereocenters. The van der Waals surface area contributed by atoms with Crippen molar-refractivity contribution >= 4 is 34.7 Å². The number of pyridine rings is 1. The van der Waals surface area contributed by atoms with Gasteiger partial charge in [-0.25, -0.2) is 4.98 Å². The van der Waals surface area contributed by atoms with Gasteiger partial charge in [0.1, 0.15) is 11.0 Å². The van der Waals surface area contributed by atoms with Gasteiger partial charge in [0.05, 0.1) is 0 Å². The molecule has 94 valence electrons. The quantitative estimate of drug-likeness (QED) is 0.850. The van der Waals surface area contributed by atoms with Gasteiger partial charge in [0.15, 0.2) is 0 Å². The van der Waals surface area contributed by atoms with E-state index in [0.29, 0.717) is 12.1 Å². The Morgan fingerprint density at radius 1 is 1.50 bits per heavy atom. The van der Waals surface area contributed by atoms with E-state index >= 15 is 0 Å². The highest BCUT2D eigenvalue weighted by atomic mass is 35.5. The highest BCUT2D eigenvalue weighted by molar-refractivity contribution is 7.08. The number of hydrogen-bond acceptors (Lipinski definition) is 4. The minimum absolute atomic E-state index is 0.211. The van der Waals surface area contributed by atoms with Gasteiger partial charge >= 0.3 is 0 Å². The van der Waals surface area contributed by atoms with Crippen LogP contribution < -0.4 is 11.1 Å². The van der Waals surface area contributed by atoms with Crippen molar-refractivity contribution in [2.75, 3.05) is 5.73 Å². The van der Waals surface area contributed by atoms with E-state index in [9.17, 15) is 4.79 Å². The molecule has 1 amide bonds. The van der Waals surface area contributed by atoms with Gasteiger partial charge < -0.3 is 11.1 Å². The highest BCUT2D eigenvalue weighted by Gasteiger charge is 2.09. The fourth-order valence-corrected chi connectivity index (χ4v) is 2.57. The summed E-state index contributed by atoms with van der Waals surface area (Å²) >= 11 is 7.37. The summed E-state index contributed by atoms with van der Waals surface area (Å²) in [6.07, 6.45) is 0.